The van der Waals surface area contributed by atoms with Gasteiger partial charge in [0, 0.05) is 5.92 Å². The van der Waals surface area contributed by atoms with E-state index in [4.69, 9.17) is 9.47 Å². The lowest BCUT2D eigenvalue weighted by atomic mass is 9.79. The zero-order chi connectivity index (χ0) is 13.3. The Morgan fingerprint density at radius 2 is 2.17 bits per heavy atom. The molecule has 2 aliphatic rings. The highest BCUT2D eigenvalue weighted by Gasteiger charge is 2.43. The topological polar surface area (TPSA) is 52.6 Å². The maximum atomic E-state index is 12.0. The molecule has 1 saturated heterocycles. The molecule has 4 heteroatoms. The number of cyclic esters (lactones) is 1. The Hall–Kier alpha value is -1.06. The van der Waals surface area contributed by atoms with Crippen molar-refractivity contribution in [2.75, 3.05) is 6.61 Å². The van der Waals surface area contributed by atoms with Crippen LogP contribution in [0.3, 0.4) is 0 Å². The highest BCUT2D eigenvalue weighted by molar-refractivity contribution is 5.77. The van der Waals surface area contributed by atoms with Gasteiger partial charge >= 0.3 is 11.9 Å². The number of hydrogen-bond donors (Lipinski definition) is 0. The van der Waals surface area contributed by atoms with Crippen molar-refractivity contribution in [3.8, 4) is 0 Å². The number of ether oxygens (including phenoxy) is 2. The van der Waals surface area contributed by atoms with Gasteiger partial charge in [0.15, 0.2) is 0 Å². The summed E-state index contributed by atoms with van der Waals surface area (Å²) in [6.45, 7) is 6.31. The van der Waals surface area contributed by atoms with Gasteiger partial charge in [-0.2, -0.15) is 0 Å². The van der Waals surface area contributed by atoms with E-state index in [9.17, 15) is 9.59 Å². The summed E-state index contributed by atoms with van der Waals surface area (Å²) in [5, 5.41) is 0. The molecule has 2 fully saturated rings. The first-order valence-corrected chi connectivity index (χ1v) is 6.81. The molecule has 0 amide bonds. The number of hydrogen-bond acceptors (Lipinski definition) is 4. The molecule has 0 aromatic carbocycles. The van der Waals surface area contributed by atoms with Crippen LogP contribution in [0.1, 0.15) is 46.5 Å². The van der Waals surface area contributed by atoms with Crippen molar-refractivity contribution < 1.29 is 19.1 Å². The fraction of sp³-hybridized carbons (Fsp3) is 0.857. The summed E-state index contributed by atoms with van der Waals surface area (Å²) in [4.78, 5) is 23.5. The average Bonchev–Trinajstić information content (AvgIpc) is 2.71. The van der Waals surface area contributed by atoms with E-state index in [1.54, 1.807) is 0 Å². The first kappa shape index (κ1) is 13.4. The quantitative estimate of drug-likeness (QED) is 0.725. The smallest absolute Gasteiger partial charge is 0.311 e. The standard InChI is InChI=1S/C14H22O4/c1-4-14(2,3)13(16)18-10-6-5-9-8-17-12(15)11(9)7-10/h9-11H,4-8H2,1-3H3. The van der Waals surface area contributed by atoms with Crippen molar-refractivity contribution in [2.45, 2.75) is 52.6 Å². The van der Waals surface area contributed by atoms with Gasteiger partial charge in [-0.25, -0.2) is 0 Å². The SMILES string of the molecule is CCC(C)(C)C(=O)OC1CCC2COC(=O)C2C1. The molecule has 0 aromatic heterocycles. The summed E-state index contributed by atoms with van der Waals surface area (Å²) in [6, 6.07) is 0. The van der Waals surface area contributed by atoms with Crippen LogP contribution in [-0.2, 0) is 19.1 Å². The lowest BCUT2D eigenvalue weighted by Crippen LogP contribution is -2.35. The van der Waals surface area contributed by atoms with E-state index in [1.165, 1.54) is 0 Å². The highest BCUT2D eigenvalue weighted by Crippen LogP contribution is 2.37. The number of carbonyl (C=O) groups is 2. The van der Waals surface area contributed by atoms with Crippen LogP contribution >= 0.6 is 0 Å². The van der Waals surface area contributed by atoms with Gasteiger partial charge in [-0.15, -0.1) is 0 Å². The van der Waals surface area contributed by atoms with Crippen molar-refractivity contribution in [3.05, 3.63) is 0 Å². The molecule has 3 atom stereocenters. The molecule has 0 aromatic rings. The molecular weight excluding hydrogens is 232 g/mol. The van der Waals surface area contributed by atoms with Crippen LogP contribution in [0.4, 0.5) is 0 Å². The van der Waals surface area contributed by atoms with Crippen molar-refractivity contribution in [1.82, 2.24) is 0 Å². The minimum Gasteiger partial charge on any atom is -0.465 e. The van der Waals surface area contributed by atoms with Gasteiger partial charge in [0.2, 0.25) is 0 Å². The average molecular weight is 254 g/mol. The van der Waals surface area contributed by atoms with Crippen LogP contribution in [-0.4, -0.2) is 24.6 Å². The van der Waals surface area contributed by atoms with E-state index in [-0.39, 0.29) is 24.0 Å². The summed E-state index contributed by atoms with van der Waals surface area (Å²) in [5.41, 5.74) is -0.437. The summed E-state index contributed by atoms with van der Waals surface area (Å²) in [6.07, 6.45) is 3.04. The van der Waals surface area contributed by atoms with Gasteiger partial charge in [-0.1, -0.05) is 6.92 Å². The molecule has 3 unspecified atom stereocenters. The van der Waals surface area contributed by atoms with Crippen LogP contribution in [0.15, 0.2) is 0 Å². The second-order valence-corrected chi connectivity index (χ2v) is 6.07. The van der Waals surface area contributed by atoms with E-state index < -0.39 is 5.41 Å². The normalized spacial score (nSPS) is 31.7. The van der Waals surface area contributed by atoms with Crippen molar-refractivity contribution in [3.63, 3.8) is 0 Å². The largest absolute Gasteiger partial charge is 0.465 e. The van der Waals surface area contributed by atoms with Crippen LogP contribution in [0, 0.1) is 17.3 Å². The van der Waals surface area contributed by atoms with Crippen LogP contribution in [0.25, 0.3) is 0 Å². The molecular formula is C14H22O4. The lowest BCUT2D eigenvalue weighted by Gasteiger charge is -2.31. The number of carbonyl (C=O) groups excluding carboxylic acids is 2. The number of rotatable bonds is 3. The molecule has 4 nitrogen and oxygen atoms in total. The molecule has 2 rings (SSSR count). The molecule has 1 aliphatic heterocycles. The second-order valence-electron chi connectivity index (χ2n) is 6.07. The van der Waals surface area contributed by atoms with Gasteiger partial charge in [-0.3, -0.25) is 9.59 Å². The molecule has 1 saturated carbocycles. The summed E-state index contributed by atoms with van der Waals surface area (Å²) >= 11 is 0. The van der Waals surface area contributed by atoms with E-state index in [0.29, 0.717) is 18.9 Å². The Bertz CT molecular complexity index is 348. The summed E-state index contributed by atoms with van der Waals surface area (Å²) in [5.74, 6) is 0.0169. The summed E-state index contributed by atoms with van der Waals surface area (Å²) in [7, 11) is 0. The van der Waals surface area contributed by atoms with Gasteiger partial charge < -0.3 is 9.47 Å². The Morgan fingerprint density at radius 3 is 2.83 bits per heavy atom. The molecule has 0 spiro atoms. The van der Waals surface area contributed by atoms with E-state index in [0.717, 1.165) is 19.3 Å². The fourth-order valence-electron chi connectivity index (χ4n) is 2.54. The number of esters is 2. The third-order valence-electron chi connectivity index (χ3n) is 4.40. The minimum atomic E-state index is -0.437. The Balaban J connectivity index is 1.92. The zero-order valence-corrected chi connectivity index (χ0v) is 11.4. The molecule has 1 aliphatic carbocycles. The monoisotopic (exact) mass is 254 g/mol. The lowest BCUT2D eigenvalue weighted by molar-refractivity contribution is -0.163. The predicted molar refractivity (Wildman–Crippen MR) is 65.7 cm³/mol. The predicted octanol–water partition coefficient (Wildman–Crippen LogP) is 2.31. The van der Waals surface area contributed by atoms with E-state index in [1.807, 2.05) is 20.8 Å². The van der Waals surface area contributed by atoms with Gasteiger partial charge in [0.25, 0.3) is 0 Å². The Morgan fingerprint density at radius 1 is 1.44 bits per heavy atom. The molecule has 18 heavy (non-hydrogen) atoms. The molecule has 0 N–H and O–H groups in total. The van der Waals surface area contributed by atoms with Gasteiger partial charge in [-0.05, 0) is 39.5 Å². The van der Waals surface area contributed by atoms with Crippen molar-refractivity contribution in [1.29, 1.82) is 0 Å². The third-order valence-corrected chi connectivity index (χ3v) is 4.40. The third kappa shape index (κ3) is 2.52. The van der Waals surface area contributed by atoms with Crippen LogP contribution < -0.4 is 0 Å². The molecule has 0 radical (unpaired) electrons. The fourth-order valence-corrected chi connectivity index (χ4v) is 2.54. The first-order chi connectivity index (χ1) is 8.44. The first-order valence-electron chi connectivity index (χ1n) is 6.81. The highest BCUT2D eigenvalue weighted by atomic mass is 16.6. The minimum absolute atomic E-state index is 0.0544. The summed E-state index contributed by atoms with van der Waals surface area (Å²) < 4.78 is 10.6. The van der Waals surface area contributed by atoms with Crippen molar-refractivity contribution in [2.24, 2.45) is 17.3 Å². The molecule has 102 valence electrons. The maximum absolute atomic E-state index is 12.0. The number of fused-ring (bicyclic) bond motifs is 1. The molecule has 1 heterocycles. The van der Waals surface area contributed by atoms with Gasteiger partial charge in [0.05, 0.1) is 17.9 Å². The second kappa shape index (κ2) is 4.90. The molecule has 0 bridgehead atoms. The van der Waals surface area contributed by atoms with Crippen LogP contribution in [0.5, 0.6) is 0 Å². The van der Waals surface area contributed by atoms with Gasteiger partial charge in [0.1, 0.15) is 6.10 Å². The Labute approximate surface area is 108 Å². The van der Waals surface area contributed by atoms with Crippen molar-refractivity contribution >= 4 is 11.9 Å². The zero-order valence-electron chi connectivity index (χ0n) is 11.4. The van der Waals surface area contributed by atoms with Crippen LogP contribution in [0.2, 0.25) is 0 Å². The Kier molecular flexibility index (Phi) is 3.64. The maximum Gasteiger partial charge on any atom is 0.311 e. The van der Waals surface area contributed by atoms with E-state index in [2.05, 4.69) is 0 Å². The van der Waals surface area contributed by atoms with E-state index >= 15 is 0 Å².